The molecule has 26 heavy (non-hydrogen) atoms. The highest BCUT2D eigenvalue weighted by Gasteiger charge is 2.09. The molecule has 0 fully saturated rings. The van der Waals surface area contributed by atoms with Gasteiger partial charge in [-0.2, -0.15) is 5.10 Å². The first-order chi connectivity index (χ1) is 12.5. The summed E-state index contributed by atoms with van der Waals surface area (Å²) >= 11 is 0. The zero-order valence-electron chi connectivity index (χ0n) is 14.2. The summed E-state index contributed by atoms with van der Waals surface area (Å²) in [5.74, 6) is -0.530. The zero-order valence-corrected chi connectivity index (χ0v) is 14.2. The second-order valence-electron chi connectivity index (χ2n) is 5.69. The number of aromatic hydroxyl groups is 1. The maximum absolute atomic E-state index is 13.5. The number of carbonyl (C=O) groups excluding carboxylic acids is 1. The van der Waals surface area contributed by atoms with Gasteiger partial charge in [0.15, 0.2) is 17.4 Å². The predicted octanol–water partition coefficient (Wildman–Crippen LogP) is 3.72. The zero-order chi connectivity index (χ0) is 18.7. The number of nitrogens with one attached hydrogen (secondary N) is 4. The normalized spacial score (nSPS) is 10.4. The molecule has 0 bridgehead atoms. The Labute approximate surface area is 149 Å². The number of aromatic amines is 1. The Kier molecular flexibility index (Phi) is 4.74. The topological polar surface area (TPSA) is 102 Å². The quantitative estimate of drug-likeness (QED) is 0.492. The summed E-state index contributed by atoms with van der Waals surface area (Å²) in [7, 11) is 1.55. The number of hydrogen-bond acceptors (Lipinski definition) is 4. The van der Waals surface area contributed by atoms with Crippen LogP contribution in [0.5, 0.6) is 5.75 Å². The van der Waals surface area contributed by atoms with E-state index in [1.165, 1.54) is 12.1 Å². The lowest BCUT2D eigenvalue weighted by Crippen LogP contribution is -2.24. The summed E-state index contributed by atoms with van der Waals surface area (Å²) in [6.07, 6.45) is 0. The summed E-state index contributed by atoms with van der Waals surface area (Å²) in [6.45, 7) is 1.90. The smallest absolute Gasteiger partial charge is 0.318 e. The Morgan fingerprint density at radius 1 is 1.19 bits per heavy atom. The van der Waals surface area contributed by atoms with Crippen molar-refractivity contribution in [1.29, 1.82) is 0 Å². The molecule has 0 radical (unpaired) electrons. The largest absolute Gasteiger partial charge is 0.505 e. The van der Waals surface area contributed by atoms with E-state index < -0.39 is 11.6 Å². The SMILES string of the molecule is CNC(=O)Nc1ccc(Nc2cc(-c3ccc(O)c(F)c3)[nH]n2)c(C)c1. The van der Waals surface area contributed by atoms with Gasteiger partial charge < -0.3 is 21.1 Å². The van der Waals surface area contributed by atoms with E-state index in [0.29, 0.717) is 22.8 Å². The number of benzene rings is 2. The average molecular weight is 355 g/mol. The fourth-order valence-electron chi connectivity index (χ4n) is 2.42. The molecule has 7 nitrogen and oxygen atoms in total. The fourth-order valence-corrected chi connectivity index (χ4v) is 2.42. The van der Waals surface area contributed by atoms with Crippen LogP contribution < -0.4 is 16.0 Å². The van der Waals surface area contributed by atoms with Crippen LogP contribution >= 0.6 is 0 Å². The molecule has 0 aliphatic rings. The molecular formula is C18H18FN5O2. The number of rotatable bonds is 4. The minimum absolute atomic E-state index is 0.289. The van der Waals surface area contributed by atoms with Gasteiger partial charge >= 0.3 is 6.03 Å². The summed E-state index contributed by atoms with van der Waals surface area (Å²) in [5, 5.41) is 24.6. The number of phenolic OH excluding ortho intramolecular Hbond substituents is 1. The van der Waals surface area contributed by atoms with Crippen molar-refractivity contribution >= 4 is 23.2 Å². The van der Waals surface area contributed by atoms with E-state index in [0.717, 1.165) is 11.3 Å². The fraction of sp³-hybridized carbons (Fsp3) is 0.111. The number of carbonyl (C=O) groups is 1. The van der Waals surface area contributed by atoms with Gasteiger partial charge in [0.1, 0.15) is 0 Å². The van der Waals surface area contributed by atoms with Crippen LogP contribution in [0.15, 0.2) is 42.5 Å². The average Bonchev–Trinajstić information content (AvgIpc) is 3.08. The first-order valence-electron chi connectivity index (χ1n) is 7.87. The number of amides is 2. The minimum atomic E-state index is -0.693. The highest BCUT2D eigenvalue weighted by Crippen LogP contribution is 2.27. The predicted molar refractivity (Wildman–Crippen MR) is 98.2 cm³/mol. The Morgan fingerprint density at radius 2 is 2.00 bits per heavy atom. The first kappa shape index (κ1) is 17.3. The van der Waals surface area contributed by atoms with E-state index in [9.17, 15) is 14.3 Å². The van der Waals surface area contributed by atoms with Crippen LogP contribution in [0.3, 0.4) is 0 Å². The molecule has 0 atom stereocenters. The molecule has 0 aliphatic carbocycles. The van der Waals surface area contributed by atoms with E-state index in [1.54, 1.807) is 25.2 Å². The summed E-state index contributed by atoms with van der Waals surface area (Å²) in [4.78, 5) is 11.4. The van der Waals surface area contributed by atoms with E-state index in [2.05, 4.69) is 26.1 Å². The van der Waals surface area contributed by atoms with Crippen molar-refractivity contribution in [3.63, 3.8) is 0 Å². The molecule has 8 heteroatoms. The minimum Gasteiger partial charge on any atom is -0.505 e. The van der Waals surface area contributed by atoms with Crippen LogP contribution in [0, 0.1) is 12.7 Å². The van der Waals surface area contributed by atoms with Crippen LogP contribution in [0.2, 0.25) is 0 Å². The van der Waals surface area contributed by atoms with Crippen LogP contribution in [-0.2, 0) is 0 Å². The molecule has 3 aromatic rings. The molecule has 3 rings (SSSR count). The van der Waals surface area contributed by atoms with Crippen molar-refractivity contribution in [2.24, 2.45) is 0 Å². The lowest BCUT2D eigenvalue weighted by Gasteiger charge is -2.10. The van der Waals surface area contributed by atoms with E-state index in [4.69, 9.17) is 0 Å². The Balaban J connectivity index is 1.76. The van der Waals surface area contributed by atoms with Crippen molar-refractivity contribution in [1.82, 2.24) is 15.5 Å². The van der Waals surface area contributed by atoms with Gasteiger partial charge in [0.25, 0.3) is 0 Å². The summed E-state index contributed by atoms with van der Waals surface area (Å²) < 4.78 is 13.5. The molecule has 0 saturated carbocycles. The molecule has 2 amide bonds. The lowest BCUT2D eigenvalue weighted by atomic mass is 10.1. The second-order valence-corrected chi connectivity index (χ2v) is 5.69. The molecule has 1 heterocycles. The molecule has 2 aromatic carbocycles. The molecule has 0 aliphatic heterocycles. The standard InChI is InChI=1S/C18H18FN5O2/c1-10-7-12(21-18(26)20-2)4-5-14(10)22-17-9-15(23-24-17)11-3-6-16(25)13(19)8-11/h3-9,25H,1-2H3,(H2,20,21,26)(H2,22,23,24). The third kappa shape index (κ3) is 3.75. The monoisotopic (exact) mass is 355 g/mol. The van der Waals surface area contributed by atoms with Crippen molar-refractivity contribution < 1.29 is 14.3 Å². The summed E-state index contributed by atoms with van der Waals surface area (Å²) in [5.41, 5.74) is 3.60. The number of H-pyrrole nitrogens is 1. The molecule has 5 N–H and O–H groups in total. The van der Waals surface area contributed by atoms with E-state index in [1.807, 2.05) is 19.1 Å². The van der Waals surface area contributed by atoms with Crippen LogP contribution in [0.1, 0.15) is 5.56 Å². The number of anilines is 3. The highest BCUT2D eigenvalue weighted by molar-refractivity contribution is 5.89. The Hall–Kier alpha value is -3.55. The number of aromatic nitrogens is 2. The molecule has 0 unspecified atom stereocenters. The first-order valence-corrected chi connectivity index (χ1v) is 7.87. The van der Waals surface area contributed by atoms with Gasteiger partial charge in [-0.1, -0.05) is 0 Å². The van der Waals surface area contributed by atoms with Crippen molar-refractivity contribution in [2.45, 2.75) is 6.92 Å². The van der Waals surface area contributed by atoms with Gasteiger partial charge in [0, 0.05) is 30.1 Å². The number of hydrogen-bond donors (Lipinski definition) is 5. The molecular weight excluding hydrogens is 337 g/mol. The Morgan fingerprint density at radius 3 is 2.69 bits per heavy atom. The van der Waals surface area contributed by atoms with Crippen LogP contribution in [-0.4, -0.2) is 28.4 Å². The Bertz CT molecular complexity index is 955. The number of phenols is 1. The van der Waals surface area contributed by atoms with Gasteiger partial charge in [-0.25, -0.2) is 9.18 Å². The number of halogens is 1. The molecule has 134 valence electrons. The van der Waals surface area contributed by atoms with Gasteiger partial charge in [-0.15, -0.1) is 0 Å². The highest BCUT2D eigenvalue weighted by atomic mass is 19.1. The molecule has 1 aromatic heterocycles. The van der Waals surface area contributed by atoms with Gasteiger partial charge in [0.2, 0.25) is 0 Å². The second kappa shape index (κ2) is 7.14. The maximum atomic E-state index is 13.5. The van der Waals surface area contributed by atoms with Gasteiger partial charge in [0.05, 0.1) is 5.69 Å². The van der Waals surface area contributed by atoms with E-state index in [-0.39, 0.29) is 6.03 Å². The molecule has 0 saturated heterocycles. The van der Waals surface area contributed by atoms with Gasteiger partial charge in [-0.3, -0.25) is 5.10 Å². The van der Waals surface area contributed by atoms with Crippen LogP contribution in [0.4, 0.5) is 26.4 Å². The van der Waals surface area contributed by atoms with E-state index >= 15 is 0 Å². The number of urea groups is 1. The van der Waals surface area contributed by atoms with Crippen molar-refractivity contribution in [3.8, 4) is 17.0 Å². The number of nitrogens with zero attached hydrogens (tertiary/aromatic N) is 1. The van der Waals surface area contributed by atoms with Gasteiger partial charge in [-0.05, 0) is 48.9 Å². The summed E-state index contributed by atoms with van der Waals surface area (Å²) in [6, 6.07) is 11.0. The number of aryl methyl sites for hydroxylation is 1. The van der Waals surface area contributed by atoms with Crippen molar-refractivity contribution in [3.05, 3.63) is 53.8 Å². The third-order valence-electron chi connectivity index (χ3n) is 3.81. The maximum Gasteiger partial charge on any atom is 0.318 e. The molecule has 0 spiro atoms. The van der Waals surface area contributed by atoms with Crippen LogP contribution in [0.25, 0.3) is 11.3 Å². The lowest BCUT2D eigenvalue weighted by molar-refractivity contribution is 0.254. The third-order valence-corrected chi connectivity index (χ3v) is 3.81. The van der Waals surface area contributed by atoms with Crippen molar-refractivity contribution in [2.75, 3.05) is 17.7 Å².